The molecule has 2 fully saturated rings. The summed E-state index contributed by atoms with van der Waals surface area (Å²) in [5.41, 5.74) is -0.171. The van der Waals surface area contributed by atoms with E-state index in [0.29, 0.717) is 26.1 Å². The predicted octanol–water partition coefficient (Wildman–Crippen LogP) is 8.79. The summed E-state index contributed by atoms with van der Waals surface area (Å²) in [4.78, 5) is 24.9. The summed E-state index contributed by atoms with van der Waals surface area (Å²) < 4.78 is 25.3. The molecule has 1 aromatic rings. The van der Waals surface area contributed by atoms with Crippen molar-refractivity contribution >= 4 is 43.8 Å². The first kappa shape index (κ1) is 39.1. The molecule has 0 atom stereocenters. The number of piperidine rings is 2. The Morgan fingerprint density at radius 3 is 1.26 bits per heavy atom. The molecule has 0 saturated carbocycles. The fourth-order valence-electron chi connectivity index (χ4n) is 7.31. The molecule has 0 aromatic heterocycles. The second kappa shape index (κ2) is 16.8. The molecule has 46 heavy (non-hydrogen) atoms. The molecule has 0 radical (unpaired) electrons. The Balaban J connectivity index is 1.26. The zero-order valence-electron chi connectivity index (χ0n) is 29.4. The van der Waals surface area contributed by atoms with E-state index >= 15 is 0 Å². The van der Waals surface area contributed by atoms with Crippen LogP contribution in [0.25, 0.3) is 0 Å². The van der Waals surface area contributed by atoms with Gasteiger partial charge in [0.15, 0.2) is 0 Å². The Labute approximate surface area is 294 Å². The molecule has 0 unspecified atom stereocenters. The molecular formula is C36H58Br2N2O6. The normalized spacial score (nSPS) is 20.6. The summed E-state index contributed by atoms with van der Waals surface area (Å²) in [6, 6.07) is 3.83. The largest absolute Gasteiger partial charge is 0.492 e. The van der Waals surface area contributed by atoms with Crippen molar-refractivity contribution in [3.05, 3.63) is 21.1 Å². The Morgan fingerprint density at radius 2 is 0.935 bits per heavy atom. The molecule has 8 nitrogen and oxygen atoms in total. The van der Waals surface area contributed by atoms with Gasteiger partial charge in [-0.3, -0.25) is 9.59 Å². The van der Waals surface area contributed by atoms with E-state index in [9.17, 15) is 9.59 Å². The van der Waals surface area contributed by atoms with Crippen LogP contribution >= 0.6 is 31.9 Å². The van der Waals surface area contributed by atoms with E-state index in [4.69, 9.17) is 18.9 Å². The Morgan fingerprint density at radius 1 is 0.609 bits per heavy atom. The minimum atomic E-state index is -0.106. The first-order valence-electron chi connectivity index (χ1n) is 17.1. The van der Waals surface area contributed by atoms with Crippen LogP contribution in [0.1, 0.15) is 132 Å². The smallest absolute Gasteiger partial charge is 0.306 e. The number of hydrogen-bond acceptors (Lipinski definition) is 8. The standard InChI is InChI=1S/C36H58Br2N2O6/c1-33(2)21-25(22-34(3,4)39-33)45-31(41)15-11-9-13-17-43-29-19-28(38)30(20-27(29)37)44-18-14-10-12-16-32(42)46-26-23-35(5,6)40-36(7,8)24-26/h19-20,25-26,39-40H,9-18,21-24H2,1-8H3. The molecule has 0 amide bonds. The van der Waals surface area contributed by atoms with Crippen LogP contribution in [0.2, 0.25) is 0 Å². The number of benzene rings is 1. The van der Waals surface area contributed by atoms with Gasteiger partial charge < -0.3 is 29.6 Å². The van der Waals surface area contributed by atoms with Crippen LogP contribution in [0, 0.1) is 0 Å². The second-order valence-corrected chi connectivity index (χ2v) is 17.6. The lowest BCUT2D eigenvalue weighted by Crippen LogP contribution is -2.59. The number of halogens is 2. The number of hydrogen-bond donors (Lipinski definition) is 2. The number of carbonyl (C=O) groups excluding carboxylic acids is 2. The lowest BCUT2D eigenvalue weighted by Gasteiger charge is -2.46. The summed E-state index contributed by atoms with van der Waals surface area (Å²) in [6.45, 7) is 18.4. The van der Waals surface area contributed by atoms with E-state index in [1.54, 1.807) is 0 Å². The molecule has 1 aromatic carbocycles. The van der Waals surface area contributed by atoms with Crippen LogP contribution in [0.3, 0.4) is 0 Å². The SMILES string of the molecule is CC1(C)CC(OC(=O)CCCCCOc2cc(Br)c(OCCCCCC(=O)OC3CC(C)(C)NC(C)(C)C3)cc2Br)CC(C)(C)N1. The molecule has 2 aliphatic heterocycles. The van der Waals surface area contributed by atoms with Gasteiger partial charge in [-0.1, -0.05) is 0 Å². The average molecular weight is 775 g/mol. The molecule has 2 saturated heterocycles. The van der Waals surface area contributed by atoms with Gasteiger partial charge in [-0.05, 0) is 138 Å². The van der Waals surface area contributed by atoms with Gasteiger partial charge in [0, 0.05) is 60.7 Å². The molecule has 2 heterocycles. The van der Waals surface area contributed by atoms with Crippen LogP contribution in [0.5, 0.6) is 11.5 Å². The van der Waals surface area contributed by atoms with Crippen molar-refractivity contribution in [3.63, 3.8) is 0 Å². The molecule has 3 rings (SSSR count). The van der Waals surface area contributed by atoms with Gasteiger partial charge in [-0.25, -0.2) is 0 Å². The van der Waals surface area contributed by atoms with Gasteiger partial charge >= 0.3 is 11.9 Å². The van der Waals surface area contributed by atoms with Crippen LogP contribution in [0.15, 0.2) is 21.1 Å². The Kier molecular flexibility index (Phi) is 14.3. The van der Waals surface area contributed by atoms with Crippen molar-refractivity contribution in [2.75, 3.05) is 13.2 Å². The highest BCUT2D eigenvalue weighted by Crippen LogP contribution is 2.37. The van der Waals surface area contributed by atoms with E-state index in [0.717, 1.165) is 84.7 Å². The van der Waals surface area contributed by atoms with Crippen LogP contribution in [0.4, 0.5) is 0 Å². The van der Waals surface area contributed by atoms with Crippen molar-refractivity contribution in [1.29, 1.82) is 0 Å². The average Bonchev–Trinajstić information content (AvgIpc) is 2.86. The van der Waals surface area contributed by atoms with E-state index in [-0.39, 0.29) is 46.3 Å². The molecule has 0 aliphatic carbocycles. The van der Waals surface area contributed by atoms with Crippen molar-refractivity contribution in [3.8, 4) is 11.5 Å². The van der Waals surface area contributed by atoms with Gasteiger partial charge in [-0.2, -0.15) is 0 Å². The first-order valence-corrected chi connectivity index (χ1v) is 18.6. The summed E-state index contributed by atoms with van der Waals surface area (Å²) in [5, 5.41) is 7.25. The zero-order valence-corrected chi connectivity index (χ0v) is 32.6. The van der Waals surface area contributed by atoms with Gasteiger partial charge in [0.2, 0.25) is 0 Å². The van der Waals surface area contributed by atoms with E-state index in [1.807, 2.05) is 12.1 Å². The molecule has 2 N–H and O–H groups in total. The highest BCUT2D eigenvalue weighted by Gasteiger charge is 2.40. The van der Waals surface area contributed by atoms with Gasteiger partial charge in [0.1, 0.15) is 23.7 Å². The molecule has 10 heteroatoms. The zero-order chi connectivity index (χ0) is 34.2. The fraction of sp³-hybridized carbons (Fsp3) is 0.778. The van der Waals surface area contributed by atoms with Crippen LogP contribution in [-0.4, -0.2) is 59.5 Å². The quantitative estimate of drug-likeness (QED) is 0.127. The highest BCUT2D eigenvalue weighted by atomic mass is 79.9. The van der Waals surface area contributed by atoms with E-state index in [2.05, 4.69) is 97.9 Å². The minimum absolute atomic E-state index is 0.0362. The summed E-state index contributed by atoms with van der Waals surface area (Å²) >= 11 is 7.21. The van der Waals surface area contributed by atoms with Gasteiger partial charge in [-0.15, -0.1) is 0 Å². The topological polar surface area (TPSA) is 95.1 Å². The maximum atomic E-state index is 12.4. The Hall–Kier alpha value is -1.36. The maximum absolute atomic E-state index is 12.4. The first-order chi connectivity index (χ1) is 21.3. The minimum Gasteiger partial charge on any atom is -0.492 e. The lowest BCUT2D eigenvalue weighted by molar-refractivity contribution is -0.154. The number of rotatable bonds is 16. The maximum Gasteiger partial charge on any atom is 0.306 e. The Bertz CT molecular complexity index is 1050. The summed E-state index contributed by atoms with van der Waals surface area (Å²) in [7, 11) is 0. The fourth-order valence-corrected chi connectivity index (χ4v) is 8.18. The summed E-state index contributed by atoms with van der Waals surface area (Å²) in [6.07, 6.45) is 9.19. The molecular weight excluding hydrogens is 716 g/mol. The third-order valence-electron chi connectivity index (χ3n) is 8.45. The number of nitrogens with one attached hydrogen (secondary N) is 2. The van der Waals surface area contributed by atoms with Gasteiger partial charge in [0.25, 0.3) is 0 Å². The third-order valence-corrected chi connectivity index (χ3v) is 9.69. The number of unbranched alkanes of at least 4 members (excludes halogenated alkanes) is 4. The van der Waals surface area contributed by atoms with Crippen molar-refractivity contribution in [1.82, 2.24) is 10.6 Å². The van der Waals surface area contributed by atoms with Crippen LogP contribution < -0.4 is 20.1 Å². The van der Waals surface area contributed by atoms with E-state index < -0.39 is 0 Å². The third kappa shape index (κ3) is 14.0. The molecule has 2 aliphatic rings. The number of ether oxygens (including phenoxy) is 4. The van der Waals surface area contributed by atoms with Crippen molar-refractivity contribution < 1.29 is 28.5 Å². The highest BCUT2D eigenvalue weighted by molar-refractivity contribution is 9.11. The predicted molar refractivity (Wildman–Crippen MR) is 191 cm³/mol. The molecule has 262 valence electrons. The lowest BCUT2D eigenvalue weighted by atomic mass is 9.81. The number of carbonyl (C=O) groups is 2. The van der Waals surface area contributed by atoms with Crippen LogP contribution in [-0.2, 0) is 19.1 Å². The van der Waals surface area contributed by atoms with E-state index in [1.165, 1.54) is 0 Å². The second-order valence-electron chi connectivity index (χ2n) is 15.9. The van der Waals surface area contributed by atoms with Crippen molar-refractivity contribution in [2.45, 2.75) is 167 Å². The monoisotopic (exact) mass is 772 g/mol. The number of esters is 2. The van der Waals surface area contributed by atoms with Crippen molar-refractivity contribution in [2.24, 2.45) is 0 Å². The summed E-state index contributed by atoms with van der Waals surface area (Å²) in [5.74, 6) is 1.28. The molecule has 0 spiro atoms. The van der Waals surface area contributed by atoms with Gasteiger partial charge in [0.05, 0.1) is 22.2 Å². The molecule has 0 bridgehead atoms.